The first kappa shape index (κ1) is 8.42. The number of piperidine rings is 1. The first-order valence-corrected chi connectivity index (χ1v) is 4.88. The van der Waals surface area contributed by atoms with Crippen LogP contribution in [-0.4, -0.2) is 13.1 Å². The fraction of sp³-hybridized carbons (Fsp3) is 0.455. The molecule has 1 saturated heterocycles. The molecule has 0 unspecified atom stereocenters. The first-order chi connectivity index (χ1) is 6.36. The number of nitrogens with zero attached hydrogens (tertiary/aromatic N) is 1. The lowest BCUT2D eigenvalue weighted by Crippen LogP contribution is -2.29. The number of anilines is 1. The van der Waals surface area contributed by atoms with Crippen LogP contribution in [0.5, 0.6) is 5.75 Å². The van der Waals surface area contributed by atoms with Crippen molar-refractivity contribution in [3.05, 3.63) is 24.3 Å². The smallest absolute Gasteiger partial charge is 0.180 e. The van der Waals surface area contributed by atoms with Crippen molar-refractivity contribution in [1.29, 1.82) is 0 Å². The molecule has 1 radical (unpaired) electrons. The van der Waals surface area contributed by atoms with Gasteiger partial charge < -0.3 is 4.90 Å². The van der Waals surface area contributed by atoms with E-state index in [1.807, 2.05) is 12.1 Å². The molecule has 2 heteroatoms. The van der Waals surface area contributed by atoms with Gasteiger partial charge in [0, 0.05) is 24.8 Å². The van der Waals surface area contributed by atoms with E-state index < -0.39 is 0 Å². The van der Waals surface area contributed by atoms with Crippen molar-refractivity contribution in [3.63, 3.8) is 0 Å². The van der Waals surface area contributed by atoms with Crippen LogP contribution in [0.3, 0.4) is 0 Å². The highest BCUT2D eigenvalue weighted by atomic mass is 16.3. The Kier molecular flexibility index (Phi) is 2.39. The molecular weight excluding hydrogens is 162 g/mol. The van der Waals surface area contributed by atoms with Gasteiger partial charge >= 0.3 is 0 Å². The summed E-state index contributed by atoms with van der Waals surface area (Å²) in [6, 6.07) is 7.19. The molecule has 0 aromatic heterocycles. The van der Waals surface area contributed by atoms with Crippen LogP contribution in [0.4, 0.5) is 5.69 Å². The lowest BCUT2D eigenvalue weighted by Gasteiger charge is -2.28. The molecule has 69 valence electrons. The summed E-state index contributed by atoms with van der Waals surface area (Å²) < 4.78 is 0. The highest BCUT2D eigenvalue weighted by molar-refractivity contribution is 5.50. The third kappa shape index (κ3) is 1.94. The molecule has 0 bridgehead atoms. The van der Waals surface area contributed by atoms with Crippen LogP contribution in [-0.2, 0) is 5.11 Å². The van der Waals surface area contributed by atoms with Crippen molar-refractivity contribution in [2.45, 2.75) is 19.3 Å². The molecule has 0 saturated carbocycles. The maximum Gasteiger partial charge on any atom is 0.180 e. The van der Waals surface area contributed by atoms with Crippen LogP contribution in [0.25, 0.3) is 0 Å². The van der Waals surface area contributed by atoms with Gasteiger partial charge in [0.15, 0.2) is 5.75 Å². The lowest BCUT2D eigenvalue weighted by atomic mass is 10.1. The lowest BCUT2D eigenvalue weighted by molar-refractivity contribution is 0.355. The standard InChI is InChI=1S/C11H14NO/c13-11-6-4-5-10(9-11)12-7-2-1-3-8-12/h4-6,9H,1-3,7-8H2. The predicted molar refractivity (Wildman–Crippen MR) is 52.6 cm³/mol. The van der Waals surface area contributed by atoms with Gasteiger partial charge in [-0.15, -0.1) is 0 Å². The van der Waals surface area contributed by atoms with Crippen molar-refractivity contribution in [2.75, 3.05) is 18.0 Å². The Labute approximate surface area is 78.8 Å². The zero-order chi connectivity index (χ0) is 9.10. The summed E-state index contributed by atoms with van der Waals surface area (Å²) in [6.45, 7) is 2.20. The van der Waals surface area contributed by atoms with Crippen LogP contribution in [0.1, 0.15) is 19.3 Å². The van der Waals surface area contributed by atoms with Crippen LogP contribution in [0, 0.1) is 0 Å². The largest absolute Gasteiger partial charge is 0.371 e. The van der Waals surface area contributed by atoms with E-state index in [0.29, 0.717) is 0 Å². The van der Waals surface area contributed by atoms with Gasteiger partial charge in [0.25, 0.3) is 0 Å². The minimum absolute atomic E-state index is 0.114. The zero-order valence-electron chi connectivity index (χ0n) is 7.70. The minimum atomic E-state index is 0.114. The van der Waals surface area contributed by atoms with Crippen molar-refractivity contribution in [2.24, 2.45) is 0 Å². The molecule has 0 spiro atoms. The van der Waals surface area contributed by atoms with E-state index >= 15 is 0 Å². The van der Waals surface area contributed by atoms with E-state index in [1.165, 1.54) is 19.3 Å². The van der Waals surface area contributed by atoms with Gasteiger partial charge in [0.1, 0.15) is 0 Å². The van der Waals surface area contributed by atoms with Crippen molar-refractivity contribution in [1.82, 2.24) is 0 Å². The van der Waals surface area contributed by atoms with Crippen molar-refractivity contribution < 1.29 is 5.11 Å². The molecule has 2 rings (SSSR count). The summed E-state index contributed by atoms with van der Waals surface area (Å²) in [5.41, 5.74) is 1.09. The van der Waals surface area contributed by atoms with Gasteiger partial charge in [-0.1, -0.05) is 6.07 Å². The Bertz CT molecular complexity index is 279. The summed E-state index contributed by atoms with van der Waals surface area (Å²) in [7, 11) is 0. The highest BCUT2D eigenvalue weighted by Gasteiger charge is 2.10. The van der Waals surface area contributed by atoms with E-state index in [4.69, 9.17) is 0 Å². The third-order valence-electron chi connectivity index (χ3n) is 2.54. The summed E-state index contributed by atoms with van der Waals surface area (Å²) in [6.07, 6.45) is 3.83. The summed E-state index contributed by atoms with van der Waals surface area (Å²) in [4.78, 5) is 2.30. The Morgan fingerprint density at radius 2 is 1.85 bits per heavy atom. The van der Waals surface area contributed by atoms with Gasteiger partial charge in [0.2, 0.25) is 0 Å². The maximum atomic E-state index is 11.1. The SMILES string of the molecule is [O]c1cccc(N2CCCCC2)c1. The molecule has 13 heavy (non-hydrogen) atoms. The van der Waals surface area contributed by atoms with E-state index in [1.54, 1.807) is 12.1 Å². The van der Waals surface area contributed by atoms with Gasteiger partial charge in [-0.25, -0.2) is 0 Å². The van der Waals surface area contributed by atoms with E-state index in [0.717, 1.165) is 18.8 Å². The van der Waals surface area contributed by atoms with E-state index in [2.05, 4.69) is 4.90 Å². The quantitative estimate of drug-likeness (QED) is 0.645. The molecule has 0 atom stereocenters. The second-order valence-corrected chi connectivity index (χ2v) is 3.55. The normalized spacial score (nSPS) is 17.4. The molecule has 0 N–H and O–H groups in total. The van der Waals surface area contributed by atoms with Gasteiger partial charge in [-0.05, 0) is 31.4 Å². The second kappa shape index (κ2) is 3.69. The Morgan fingerprint density at radius 1 is 1.08 bits per heavy atom. The molecule has 2 nitrogen and oxygen atoms in total. The van der Waals surface area contributed by atoms with Gasteiger partial charge in [0.05, 0.1) is 0 Å². The average Bonchev–Trinajstić information content (AvgIpc) is 2.19. The molecule has 1 aliphatic heterocycles. The molecule has 1 aliphatic rings. The number of hydrogen-bond donors (Lipinski definition) is 0. The monoisotopic (exact) mass is 176 g/mol. The second-order valence-electron chi connectivity index (χ2n) is 3.55. The topological polar surface area (TPSA) is 23.1 Å². The maximum absolute atomic E-state index is 11.1. The highest BCUT2D eigenvalue weighted by Crippen LogP contribution is 2.23. The van der Waals surface area contributed by atoms with Crippen molar-refractivity contribution in [3.8, 4) is 5.75 Å². The van der Waals surface area contributed by atoms with Crippen LogP contribution in [0.2, 0.25) is 0 Å². The Morgan fingerprint density at radius 3 is 2.54 bits per heavy atom. The molecule has 0 amide bonds. The number of benzene rings is 1. The summed E-state index contributed by atoms with van der Waals surface area (Å²) in [5.74, 6) is 0.114. The van der Waals surface area contributed by atoms with Crippen LogP contribution in [0.15, 0.2) is 24.3 Å². The number of hydrogen-bond acceptors (Lipinski definition) is 1. The minimum Gasteiger partial charge on any atom is -0.371 e. The number of rotatable bonds is 1. The molecule has 1 aromatic rings. The van der Waals surface area contributed by atoms with E-state index in [-0.39, 0.29) is 5.75 Å². The van der Waals surface area contributed by atoms with Crippen molar-refractivity contribution >= 4 is 5.69 Å². The average molecular weight is 176 g/mol. The molecule has 1 heterocycles. The Balaban J connectivity index is 2.14. The molecular formula is C11H14NO. The van der Waals surface area contributed by atoms with Gasteiger partial charge in [-0.3, -0.25) is 5.11 Å². The zero-order valence-corrected chi connectivity index (χ0v) is 7.70. The fourth-order valence-corrected chi connectivity index (χ4v) is 1.83. The predicted octanol–water partition coefficient (Wildman–Crippen LogP) is 2.82. The van der Waals surface area contributed by atoms with Crippen LogP contribution >= 0.6 is 0 Å². The Hall–Kier alpha value is -1.18. The van der Waals surface area contributed by atoms with Gasteiger partial charge in [-0.2, -0.15) is 0 Å². The summed E-state index contributed by atoms with van der Waals surface area (Å²) in [5, 5.41) is 11.1. The fourth-order valence-electron chi connectivity index (χ4n) is 1.83. The van der Waals surface area contributed by atoms with E-state index in [9.17, 15) is 5.11 Å². The first-order valence-electron chi connectivity index (χ1n) is 4.88. The summed E-state index contributed by atoms with van der Waals surface area (Å²) >= 11 is 0. The van der Waals surface area contributed by atoms with Crippen LogP contribution < -0.4 is 4.90 Å². The molecule has 1 fully saturated rings. The third-order valence-corrected chi connectivity index (χ3v) is 2.54. The molecule has 1 aromatic carbocycles. The molecule has 0 aliphatic carbocycles.